The minimum atomic E-state index is -0.183. The van der Waals surface area contributed by atoms with Gasteiger partial charge in [-0.25, -0.2) is 4.99 Å². The highest BCUT2D eigenvalue weighted by Crippen LogP contribution is 2.26. The van der Waals surface area contributed by atoms with Gasteiger partial charge >= 0.3 is 0 Å². The predicted molar refractivity (Wildman–Crippen MR) is 123 cm³/mol. The van der Waals surface area contributed by atoms with Crippen LogP contribution >= 0.6 is 11.3 Å². The van der Waals surface area contributed by atoms with Crippen LogP contribution in [0.3, 0.4) is 0 Å². The third kappa shape index (κ3) is 3.46. The lowest BCUT2D eigenvalue weighted by molar-refractivity contribution is 0.644. The Hall–Kier alpha value is -3.50. The number of aromatic nitrogens is 1. The predicted octanol–water partition coefficient (Wildman–Crippen LogP) is 4.31. The number of rotatable bonds is 3. The second-order valence-electron chi connectivity index (χ2n) is 7.36. The third-order valence-electron chi connectivity index (χ3n) is 5.23. The summed E-state index contributed by atoms with van der Waals surface area (Å²) in [6, 6.07) is 28.3. The van der Waals surface area contributed by atoms with Crippen LogP contribution in [0.15, 0.2) is 101 Å². The van der Waals surface area contributed by atoms with Crippen molar-refractivity contribution in [2.75, 3.05) is 0 Å². The molecule has 1 aromatic heterocycles. The number of hydrogen-bond donors (Lipinski definition) is 0. The molecule has 30 heavy (non-hydrogen) atoms. The summed E-state index contributed by atoms with van der Waals surface area (Å²) in [5.41, 5.74) is 5.23. The molecule has 0 N–H and O–H groups in total. The first-order chi connectivity index (χ1) is 14.7. The van der Waals surface area contributed by atoms with Crippen LogP contribution in [-0.2, 0) is 0 Å². The number of fused-ring (bicyclic) bond motifs is 1. The number of thiazole rings is 1. The molecule has 5 rings (SSSR count). The monoisotopic (exact) mass is 408 g/mol. The molecule has 4 aromatic rings. The summed E-state index contributed by atoms with van der Waals surface area (Å²) in [5, 5.41) is 0. The van der Waals surface area contributed by atoms with Gasteiger partial charge in [0.15, 0.2) is 4.80 Å². The molecule has 1 aliphatic heterocycles. The van der Waals surface area contributed by atoms with Crippen LogP contribution in [0.25, 0.3) is 11.8 Å². The fourth-order valence-corrected chi connectivity index (χ4v) is 4.67. The zero-order valence-corrected chi connectivity index (χ0v) is 17.3. The quantitative estimate of drug-likeness (QED) is 0.497. The van der Waals surface area contributed by atoms with Crippen LogP contribution in [0.4, 0.5) is 0 Å². The van der Waals surface area contributed by atoms with Gasteiger partial charge in [0, 0.05) is 0 Å². The number of benzene rings is 3. The van der Waals surface area contributed by atoms with Gasteiger partial charge in [-0.3, -0.25) is 9.36 Å². The van der Waals surface area contributed by atoms with Crippen molar-refractivity contribution < 1.29 is 0 Å². The van der Waals surface area contributed by atoms with E-state index in [0.717, 1.165) is 27.2 Å². The smallest absolute Gasteiger partial charge is 0.271 e. The highest BCUT2D eigenvalue weighted by molar-refractivity contribution is 7.07. The second-order valence-corrected chi connectivity index (χ2v) is 8.37. The van der Waals surface area contributed by atoms with Crippen molar-refractivity contribution in [2.24, 2.45) is 4.99 Å². The van der Waals surface area contributed by atoms with E-state index in [1.807, 2.05) is 59.2 Å². The minimum absolute atomic E-state index is 0.00320. The van der Waals surface area contributed by atoms with Crippen LogP contribution < -0.4 is 14.9 Å². The van der Waals surface area contributed by atoms with E-state index in [0.29, 0.717) is 4.53 Å². The number of allylic oxidation sites excluding steroid dienone is 1. The lowest BCUT2D eigenvalue weighted by Gasteiger charge is -2.19. The third-order valence-corrected chi connectivity index (χ3v) is 6.22. The lowest BCUT2D eigenvalue weighted by atomic mass is 10.0. The molecule has 1 unspecified atom stereocenters. The van der Waals surface area contributed by atoms with Crippen molar-refractivity contribution in [3.8, 4) is 0 Å². The van der Waals surface area contributed by atoms with Crippen LogP contribution in [0.2, 0.25) is 0 Å². The van der Waals surface area contributed by atoms with E-state index in [4.69, 9.17) is 4.99 Å². The Morgan fingerprint density at radius 1 is 0.900 bits per heavy atom. The van der Waals surface area contributed by atoms with Crippen LogP contribution in [0.5, 0.6) is 0 Å². The summed E-state index contributed by atoms with van der Waals surface area (Å²) >= 11 is 1.45. The molecule has 3 nitrogen and oxygen atoms in total. The first-order valence-corrected chi connectivity index (χ1v) is 10.7. The van der Waals surface area contributed by atoms with Crippen LogP contribution in [0.1, 0.15) is 28.3 Å². The van der Waals surface area contributed by atoms with Gasteiger partial charge in [0.1, 0.15) is 0 Å². The van der Waals surface area contributed by atoms with Gasteiger partial charge < -0.3 is 0 Å². The zero-order chi connectivity index (χ0) is 20.5. The summed E-state index contributed by atoms with van der Waals surface area (Å²) in [7, 11) is 0. The number of aryl methyl sites for hydroxylation is 1. The fraction of sp³-hybridized carbons (Fsp3) is 0.0769. The van der Waals surface area contributed by atoms with Crippen molar-refractivity contribution in [2.45, 2.75) is 13.0 Å². The van der Waals surface area contributed by atoms with E-state index >= 15 is 0 Å². The molecule has 146 valence electrons. The first kappa shape index (κ1) is 18.5. The number of nitrogens with zero attached hydrogens (tertiary/aromatic N) is 2. The van der Waals surface area contributed by atoms with Gasteiger partial charge in [0.2, 0.25) is 0 Å². The summed E-state index contributed by atoms with van der Waals surface area (Å²) in [5.74, 6) is 0. The van der Waals surface area contributed by atoms with E-state index in [1.165, 1.54) is 16.9 Å². The van der Waals surface area contributed by atoms with Crippen molar-refractivity contribution in [3.63, 3.8) is 0 Å². The molecule has 0 saturated carbocycles. The van der Waals surface area contributed by atoms with Crippen LogP contribution in [-0.4, -0.2) is 4.57 Å². The lowest BCUT2D eigenvalue weighted by Crippen LogP contribution is -2.36. The molecule has 0 amide bonds. The van der Waals surface area contributed by atoms with Gasteiger partial charge in [-0.1, -0.05) is 102 Å². The van der Waals surface area contributed by atoms with Crippen molar-refractivity contribution >= 4 is 23.1 Å². The standard InChI is InChI=1S/C26H20N2OS/c1-18-12-14-19(15-13-18)16-24-25(29)28-23(21-10-6-3-7-11-21)17-22(27-26(28)30-24)20-8-4-2-5-9-20/h2-17,23H,1H3/b24-16-. The fourth-order valence-electron chi connectivity index (χ4n) is 3.65. The average Bonchev–Trinajstić information content (AvgIpc) is 3.11. The minimum Gasteiger partial charge on any atom is -0.272 e. The Labute approximate surface area is 178 Å². The Bertz CT molecular complexity index is 1400. The van der Waals surface area contributed by atoms with Gasteiger partial charge in [-0.2, -0.15) is 0 Å². The Kier molecular flexibility index (Phi) is 4.77. The summed E-state index contributed by atoms with van der Waals surface area (Å²) in [6.45, 7) is 2.06. The van der Waals surface area contributed by atoms with E-state index in [9.17, 15) is 4.79 Å². The number of hydrogen-bond acceptors (Lipinski definition) is 3. The van der Waals surface area contributed by atoms with Gasteiger partial charge in [-0.15, -0.1) is 0 Å². The van der Waals surface area contributed by atoms with Gasteiger partial charge in [0.25, 0.3) is 5.56 Å². The topological polar surface area (TPSA) is 34.4 Å². The molecular formula is C26H20N2OS. The maximum Gasteiger partial charge on any atom is 0.271 e. The Morgan fingerprint density at radius 3 is 2.27 bits per heavy atom. The normalized spacial score (nSPS) is 16.0. The van der Waals surface area contributed by atoms with E-state index < -0.39 is 0 Å². The summed E-state index contributed by atoms with van der Waals surface area (Å²) < 4.78 is 2.51. The van der Waals surface area contributed by atoms with E-state index in [1.54, 1.807) is 0 Å². The van der Waals surface area contributed by atoms with Gasteiger partial charge in [-0.05, 0) is 35.8 Å². The highest BCUT2D eigenvalue weighted by Gasteiger charge is 2.22. The SMILES string of the molecule is Cc1ccc(/C=c2\sc3n(c2=O)C(c2ccccc2)C=C(c2ccccc2)N=3)cc1. The zero-order valence-electron chi connectivity index (χ0n) is 16.5. The van der Waals surface area contributed by atoms with Crippen molar-refractivity contribution in [1.29, 1.82) is 0 Å². The maximum atomic E-state index is 13.4. The molecular weight excluding hydrogens is 388 g/mol. The molecule has 2 heterocycles. The molecule has 4 heteroatoms. The maximum absolute atomic E-state index is 13.4. The Morgan fingerprint density at radius 2 is 1.57 bits per heavy atom. The van der Waals surface area contributed by atoms with Crippen LogP contribution in [0, 0.1) is 6.92 Å². The highest BCUT2D eigenvalue weighted by atomic mass is 32.1. The van der Waals surface area contributed by atoms with Crippen molar-refractivity contribution in [1.82, 2.24) is 4.57 Å². The molecule has 0 radical (unpaired) electrons. The Balaban J connectivity index is 1.73. The molecule has 0 bridgehead atoms. The van der Waals surface area contributed by atoms with E-state index in [-0.39, 0.29) is 11.6 Å². The summed E-state index contributed by atoms with van der Waals surface area (Å²) in [6.07, 6.45) is 4.04. The van der Waals surface area contributed by atoms with Crippen molar-refractivity contribution in [3.05, 3.63) is 133 Å². The van der Waals surface area contributed by atoms with E-state index in [2.05, 4.69) is 49.4 Å². The molecule has 0 fully saturated rings. The molecule has 0 saturated heterocycles. The largest absolute Gasteiger partial charge is 0.272 e. The second kappa shape index (κ2) is 7.73. The molecule has 1 aliphatic rings. The summed E-state index contributed by atoms with van der Waals surface area (Å²) in [4.78, 5) is 18.9. The molecule has 3 aromatic carbocycles. The average molecular weight is 409 g/mol. The first-order valence-electron chi connectivity index (χ1n) is 9.90. The molecule has 0 aliphatic carbocycles. The molecule has 1 atom stereocenters. The van der Waals surface area contributed by atoms with Gasteiger partial charge in [0.05, 0.1) is 16.3 Å². The molecule has 0 spiro atoms.